The van der Waals surface area contributed by atoms with E-state index in [1.807, 2.05) is 0 Å². The van der Waals surface area contributed by atoms with E-state index >= 15 is 0 Å². The van der Waals surface area contributed by atoms with Gasteiger partial charge in [0.1, 0.15) is 0 Å². The summed E-state index contributed by atoms with van der Waals surface area (Å²) < 4.78 is 6.52. The number of rotatable bonds is 5. The smallest absolute Gasteiger partial charge is 0.273 e. The molecule has 18 heavy (non-hydrogen) atoms. The van der Waals surface area contributed by atoms with Gasteiger partial charge in [-0.2, -0.15) is 12.6 Å². The van der Waals surface area contributed by atoms with Crippen LogP contribution in [0.3, 0.4) is 0 Å². The maximum absolute atomic E-state index is 12.1. The molecule has 0 saturated heterocycles. The zero-order chi connectivity index (χ0) is 13.0. The summed E-state index contributed by atoms with van der Waals surface area (Å²) in [6.07, 6.45) is 0. The second-order valence-electron chi connectivity index (χ2n) is 3.78. The quantitative estimate of drug-likeness (QED) is 0.616. The summed E-state index contributed by atoms with van der Waals surface area (Å²) in [5.41, 5.74) is -0.473. The highest BCUT2D eigenvalue weighted by atomic mass is 32.1. The predicted molar refractivity (Wildman–Crippen MR) is 73.5 cm³/mol. The van der Waals surface area contributed by atoms with E-state index in [4.69, 9.17) is 4.74 Å². The molecule has 96 valence electrons. The van der Waals surface area contributed by atoms with Crippen LogP contribution in [0.1, 0.15) is 0 Å². The Kier molecular flexibility index (Phi) is 4.22. The average Bonchev–Trinajstić information content (AvgIpc) is 2.40. The largest absolute Gasteiger partial charge is 0.379 e. The summed E-state index contributed by atoms with van der Waals surface area (Å²) in [4.78, 5) is 23.8. The fourth-order valence-corrected chi connectivity index (χ4v) is 1.86. The van der Waals surface area contributed by atoms with Gasteiger partial charge < -0.3 is 4.74 Å². The normalized spacial score (nSPS) is 10.9. The summed E-state index contributed by atoms with van der Waals surface area (Å²) in [5.74, 6) is 0.628. The average molecular weight is 266 g/mol. The molecule has 1 aromatic carbocycles. The Morgan fingerprint density at radius 2 is 1.89 bits per heavy atom. The van der Waals surface area contributed by atoms with Gasteiger partial charge in [0.15, 0.2) is 0 Å². The minimum Gasteiger partial charge on any atom is -0.379 e. The van der Waals surface area contributed by atoms with Gasteiger partial charge in [-0.1, -0.05) is 12.1 Å². The van der Waals surface area contributed by atoms with Crippen molar-refractivity contribution in [1.29, 1.82) is 0 Å². The van der Waals surface area contributed by atoms with Crippen LogP contribution in [-0.2, 0) is 11.3 Å². The van der Waals surface area contributed by atoms with Crippen molar-refractivity contribution >= 4 is 23.4 Å². The van der Waals surface area contributed by atoms with Crippen molar-refractivity contribution in [3.8, 4) is 0 Å². The first-order valence-electron chi connectivity index (χ1n) is 5.64. The topological polar surface area (TPSA) is 64.1 Å². The van der Waals surface area contributed by atoms with Gasteiger partial charge in [-0.05, 0) is 12.1 Å². The number of hydrogen-bond acceptors (Lipinski definition) is 4. The Labute approximate surface area is 109 Å². The number of aromatic amines is 1. The fraction of sp³-hybridized carbons (Fsp3) is 0.333. The Hall–Kier alpha value is -1.53. The van der Waals surface area contributed by atoms with Crippen LogP contribution in [0.4, 0.5) is 0 Å². The molecule has 5 nitrogen and oxygen atoms in total. The molecule has 0 fully saturated rings. The Balaban J connectivity index is 2.32. The number of ether oxygens (including phenoxy) is 1. The van der Waals surface area contributed by atoms with E-state index in [2.05, 4.69) is 17.7 Å². The number of hydrogen-bond donors (Lipinski definition) is 2. The van der Waals surface area contributed by atoms with E-state index in [-0.39, 0.29) is 11.1 Å². The van der Waals surface area contributed by atoms with E-state index in [0.717, 1.165) is 0 Å². The monoisotopic (exact) mass is 266 g/mol. The number of nitrogens with one attached hydrogen (secondary N) is 1. The maximum atomic E-state index is 12.1. The number of thiol groups is 1. The van der Waals surface area contributed by atoms with E-state index < -0.39 is 0 Å². The van der Waals surface area contributed by atoms with Gasteiger partial charge in [-0.15, -0.1) is 0 Å². The van der Waals surface area contributed by atoms with Crippen molar-refractivity contribution in [2.45, 2.75) is 6.54 Å². The first-order chi connectivity index (χ1) is 8.74. The molecule has 1 heterocycles. The highest BCUT2D eigenvalue weighted by Gasteiger charge is 2.05. The van der Waals surface area contributed by atoms with E-state index in [1.54, 1.807) is 24.3 Å². The molecular weight excluding hydrogens is 252 g/mol. The highest BCUT2D eigenvalue weighted by Crippen LogP contribution is 2.02. The van der Waals surface area contributed by atoms with Gasteiger partial charge in [0.25, 0.3) is 11.1 Å². The molecule has 0 amide bonds. The Bertz CT molecular complexity index is 648. The molecule has 1 aromatic heterocycles. The van der Waals surface area contributed by atoms with Crippen LogP contribution < -0.4 is 11.1 Å². The number of benzene rings is 1. The third kappa shape index (κ3) is 2.65. The molecule has 2 rings (SSSR count). The number of nitrogens with zero attached hydrogens (tertiary/aromatic N) is 1. The summed E-state index contributed by atoms with van der Waals surface area (Å²) in [6.45, 7) is 1.22. The summed E-state index contributed by atoms with van der Waals surface area (Å²) >= 11 is 4.01. The Morgan fingerprint density at radius 3 is 2.61 bits per heavy atom. The molecule has 0 radical (unpaired) electrons. The highest BCUT2D eigenvalue weighted by molar-refractivity contribution is 7.80. The van der Waals surface area contributed by atoms with Crippen molar-refractivity contribution in [2.75, 3.05) is 19.0 Å². The van der Waals surface area contributed by atoms with Gasteiger partial charge >= 0.3 is 0 Å². The lowest BCUT2D eigenvalue weighted by Gasteiger charge is -2.07. The molecule has 0 atom stereocenters. The van der Waals surface area contributed by atoms with Gasteiger partial charge in [-0.25, -0.2) is 4.68 Å². The Morgan fingerprint density at radius 1 is 1.17 bits per heavy atom. The number of aromatic nitrogens is 2. The van der Waals surface area contributed by atoms with Gasteiger partial charge in [0, 0.05) is 5.75 Å². The molecule has 0 aliphatic heterocycles. The van der Waals surface area contributed by atoms with Crippen LogP contribution in [0.15, 0.2) is 33.9 Å². The summed E-state index contributed by atoms with van der Waals surface area (Å²) in [6, 6.07) is 6.76. The van der Waals surface area contributed by atoms with Gasteiger partial charge in [0.05, 0.1) is 30.5 Å². The third-order valence-corrected chi connectivity index (χ3v) is 2.76. The molecule has 0 aliphatic rings. The zero-order valence-electron chi connectivity index (χ0n) is 9.76. The number of H-pyrrole nitrogens is 1. The predicted octanol–water partition coefficient (Wildman–Crippen LogP) is 0.636. The van der Waals surface area contributed by atoms with E-state index in [0.29, 0.717) is 36.3 Å². The minimum absolute atomic E-state index is 0.209. The van der Waals surface area contributed by atoms with Crippen molar-refractivity contribution in [3.05, 3.63) is 45.0 Å². The third-order valence-electron chi connectivity index (χ3n) is 2.58. The summed E-state index contributed by atoms with van der Waals surface area (Å²) in [5, 5.41) is 3.38. The van der Waals surface area contributed by atoms with Gasteiger partial charge in [0.2, 0.25) is 0 Å². The fourth-order valence-electron chi connectivity index (χ4n) is 1.73. The van der Waals surface area contributed by atoms with E-state index in [9.17, 15) is 9.59 Å². The van der Waals surface area contributed by atoms with Crippen molar-refractivity contribution in [2.24, 2.45) is 0 Å². The van der Waals surface area contributed by atoms with Crippen LogP contribution in [0.2, 0.25) is 0 Å². The van der Waals surface area contributed by atoms with Crippen LogP contribution >= 0.6 is 12.6 Å². The molecule has 0 bridgehead atoms. The van der Waals surface area contributed by atoms with Crippen LogP contribution in [0, 0.1) is 0 Å². The first kappa shape index (κ1) is 12.9. The summed E-state index contributed by atoms with van der Waals surface area (Å²) in [7, 11) is 0. The standard InChI is InChI=1S/C12H14N2O3S/c15-11-9-3-1-2-4-10(9)12(16)14(13-11)5-6-17-7-8-18/h1-4,18H,5-8H2,(H,13,15). The molecule has 0 saturated carbocycles. The minimum atomic E-state index is -0.264. The van der Waals surface area contributed by atoms with Crippen molar-refractivity contribution < 1.29 is 4.74 Å². The second-order valence-corrected chi connectivity index (χ2v) is 4.23. The first-order valence-corrected chi connectivity index (χ1v) is 6.28. The molecular formula is C12H14N2O3S. The molecule has 2 aromatic rings. The van der Waals surface area contributed by atoms with E-state index in [1.165, 1.54) is 4.68 Å². The molecule has 0 unspecified atom stereocenters. The molecule has 1 N–H and O–H groups in total. The zero-order valence-corrected chi connectivity index (χ0v) is 10.7. The lowest BCUT2D eigenvalue weighted by atomic mass is 10.2. The van der Waals surface area contributed by atoms with Crippen LogP contribution in [0.25, 0.3) is 10.8 Å². The van der Waals surface area contributed by atoms with Crippen LogP contribution in [0.5, 0.6) is 0 Å². The molecule has 0 spiro atoms. The van der Waals surface area contributed by atoms with Crippen molar-refractivity contribution in [3.63, 3.8) is 0 Å². The molecule has 6 heteroatoms. The lowest BCUT2D eigenvalue weighted by Crippen LogP contribution is -2.31. The van der Waals surface area contributed by atoms with Gasteiger partial charge in [-0.3, -0.25) is 14.7 Å². The number of fused-ring (bicyclic) bond motifs is 1. The SMILES string of the molecule is O=c1[nH]n(CCOCCS)c(=O)c2ccccc12. The molecule has 0 aliphatic carbocycles. The van der Waals surface area contributed by atoms with Crippen molar-refractivity contribution in [1.82, 2.24) is 9.78 Å². The lowest BCUT2D eigenvalue weighted by molar-refractivity contribution is 0.137. The maximum Gasteiger partial charge on any atom is 0.273 e. The van der Waals surface area contributed by atoms with Crippen LogP contribution in [-0.4, -0.2) is 28.7 Å². The second kappa shape index (κ2) is 5.88.